The molecular formula is C19H27N5O. The highest BCUT2D eigenvalue weighted by Gasteiger charge is 2.31. The van der Waals surface area contributed by atoms with Crippen molar-refractivity contribution in [1.82, 2.24) is 19.6 Å². The molecule has 1 aliphatic heterocycles. The van der Waals surface area contributed by atoms with E-state index in [1.54, 1.807) is 4.68 Å². The fourth-order valence-electron chi connectivity index (χ4n) is 3.49. The van der Waals surface area contributed by atoms with Crippen molar-refractivity contribution in [1.29, 1.82) is 0 Å². The maximum absolute atomic E-state index is 13.0. The van der Waals surface area contributed by atoms with Crippen LogP contribution in [0.25, 0.3) is 0 Å². The summed E-state index contributed by atoms with van der Waals surface area (Å²) in [5, 5.41) is 7.58. The van der Waals surface area contributed by atoms with E-state index in [1.807, 2.05) is 37.1 Å². The summed E-state index contributed by atoms with van der Waals surface area (Å²) in [6.07, 6.45) is 0.858. The Kier molecular flexibility index (Phi) is 5.08. The third-order valence-electron chi connectivity index (χ3n) is 4.97. The van der Waals surface area contributed by atoms with E-state index in [0.717, 1.165) is 36.6 Å². The Balaban J connectivity index is 1.83. The summed E-state index contributed by atoms with van der Waals surface area (Å²) in [6.45, 7) is 6.51. The third kappa shape index (κ3) is 3.54. The first-order valence-corrected chi connectivity index (χ1v) is 8.84. The Bertz CT molecular complexity index is 740. The number of likely N-dealkylation sites (N-methyl/N-ethyl adjacent to an activating group) is 1. The second-order valence-electron chi connectivity index (χ2n) is 6.71. The third-order valence-corrected chi connectivity index (χ3v) is 4.97. The second-order valence-corrected chi connectivity index (χ2v) is 6.71. The van der Waals surface area contributed by atoms with Crippen LogP contribution in [-0.4, -0.2) is 52.3 Å². The number of anilines is 1. The van der Waals surface area contributed by atoms with Gasteiger partial charge in [0, 0.05) is 32.2 Å². The number of carbonyl (C=O) groups excluding carboxylic acids is 1. The number of amides is 2. The standard InChI is InChI=1S/C19H27N5O/c1-5-16-14(2)18(23(4)21-16)20-19(25)24-12-11-22(3)13-17(24)15-9-7-6-8-10-15/h6-10,17H,5,11-13H2,1-4H3,(H,20,25). The van der Waals surface area contributed by atoms with Crippen LogP contribution >= 0.6 is 0 Å². The normalized spacial score (nSPS) is 18.4. The number of rotatable bonds is 3. The van der Waals surface area contributed by atoms with Gasteiger partial charge >= 0.3 is 6.03 Å². The molecule has 134 valence electrons. The van der Waals surface area contributed by atoms with Gasteiger partial charge in [-0.05, 0) is 26.0 Å². The van der Waals surface area contributed by atoms with E-state index in [-0.39, 0.29) is 12.1 Å². The summed E-state index contributed by atoms with van der Waals surface area (Å²) in [4.78, 5) is 17.2. The van der Waals surface area contributed by atoms with Crippen LogP contribution in [0.3, 0.4) is 0 Å². The van der Waals surface area contributed by atoms with E-state index in [9.17, 15) is 4.79 Å². The van der Waals surface area contributed by atoms with Gasteiger partial charge in [0.1, 0.15) is 5.82 Å². The van der Waals surface area contributed by atoms with Gasteiger partial charge < -0.3 is 9.80 Å². The number of hydrogen-bond acceptors (Lipinski definition) is 3. The molecule has 0 saturated carbocycles. The number of aryl methyl sites for hydroxylation is 2. The SMILES string of the molecule is CCc1nn(C)c(NC(=O)N2CCN(C)CC2c2ccccc2)c1C. The first-order valence-electron chi connectivity index (χ1n) is 8.84. The minimum absolute atomic E-state index is 0.0547. The second kappa shape index (κ2) is 7.27. The summed E-state index contributed by atoms with van der Waals surface area (Å²) in [5.41, 5.74) is 3.24. The molecular weight excluding hydrogens is 314 g/mol. The molecule has 1 aromatic carbocycles. The van der Waals surface area contributed by atoms with E-state index in [1.165, 1.54) is 5.56 Å². The van der Waals surface area contributed by atoms with Gasteiger partial charge in [0.2, 0.25) is 0 Å². The van der Waals surface area contributed by atoms with Crippen molar-refractivity contribution in [2.24, 2.45) is 7.05 Å². The van der Waals surface area contributed by atoms with E-state index in [0.29, 0.717) is 6.54 Å². The van der Waals surface area contributed by atoms with Crippen LogP contribution in [0, 0.1) is 6.92 Å². The number of nitrogens with one attached hydrogen (secondary N) is 1. The average molecular weight is 341 g/mol. The number of aromatic nitrogens is 2. The Morgan fingerprint density at radius 1 is 1.24 bits per heavy atom. The number of piperazine rings is 1. The van der Waals surface area contributed by atoms with Crippen LogP contribution < -0.4 is 5.32 Å². The molecule has 0 bridgehead atoms. The maximum Gasteiger partial charge on any atom is 0.323 e. The quantitative estimate of drug-likeness (QED) is 0.934. The van der Waals surface area contributed by atoms with Crippen LogP contribution in [0.15, 0.2) is 30.3 Å². The Morgan fingerprint density at radius 2 is 1.96 bits per heavy atom. The molecule has 1 aliphatic rings. The number of carbonyl (C=O) groups is 1. The average Bonchev–Trinajstić information content (AvgIpc) is 2.89. The zero-order chi connectivity index (χ0) is 18.0. The van der Waals surface area contributed by atoms with Crippen molar-refractivity contribution in [2.45, 2.75) is 26.3 Å². The molecule has 3 rings (SSSR count). The number of urea groups is 1. The Labute approximate surface area is 149 Å². The highest BCUT2D eigenvalue weighted by molar-refractivity contribution is 5.89. The lowest BCUT2D eigenvalue weighted by molar-refractivity contribution is 0.116. The predicted molar refractivity (Wildman–Crippen MR) is 99.7 cm³/mol. The van der Waals surface area contributed by atoms with Gasteiger partial charge in [-0.3, -0.25) is 10.00 Å². The molecule has 1 saturated heterocycles. The zero-order valence-corrected chi connectivity index (χ0v) is 15.5. The molecule has 6 nitrogen and oxygen atoms in total. The van der Waals surface area contributed by atoms with Gasteiger partial charge in [-0.1, -0.05) is 37.3 Å². The fourth-order valence-corrected chi connectivity index (χ4v) is 3.49. The molecule has 0 spiro atoms. The van der Waals surface area contributed by atoms with Crippen LogP contribution in [0.5, 0.6) is 0 Å². The van der Waals surface area contributed by atoms with Gasteiger partial charge in [-0.25, -0.2) is 4.79 Å². The van der Waals surface area contributed by atoms with Crippen molar-refractivity contribution in [3.8, 4) is 0 Å². The first kappa shape index (κ1) is 17.5. The highest BCUT2D eigenvalue weighted by atomic mass is 16.2. The molecule has 1 fully saturated rings. The molecule has 0 radical (unpaired) electrons. The Morgan fingerprint density at radius 3 is 2.60 bits per heavy atom. The topological polar surface area (TPSA) is 53.4 Å². The van der Waals surface area contributed by atoms with Gasteiger partial charge in [0.05, 0.1) is 11.7 Å². The predicted octanol–water partition coefficient (Wildman–Crippen LogP) is 2.81. The van der Waals surface area contributed by atoms with Crippen LogP contribution in [0.1, 0.15) is 29.8 Å². The highest BCUT2D eigenvalue weighted by Crippen LogP contribution is 2.26. The lowest BCUT2D eigenvalue weighted by Gasteiger charge is -2.40. The van der Waals surface area contributed by atoms with Gasteiger partial charge in [0.15, 0.2) is 0 Å². The maximum atomic E-state index is 13.0. The van der Waals surface area contributed by atoms with Crippen molar-refractivity contribution in [2.75, 3.05) is 32.0 Å². The van der Waals surface area contributed by atoms with Crippen LogP contribution in [-0.2, 0) is 13.5 Å². The minimum atomic E-state index is -0.0595. The number of nitrogens with zero attached hydrogens (tertiary/aromatic N) is 4. The number of hydrogen-bond donors (Lipinski definition) is 1. The van der Waals surface area contributed by atoms with Gasteiger partial charge in [-0.15, -0.1) is 0 Å². The van der Waals surface area contributed by atoms with Crippen molar-refractivity contribution < 1.29 is 4.79 Å². The summed E-state index contributed by atoms with van der Waals surface area (Å²) >= 11 is 0. The number of benzene rings is 1. The summed E-state index contributed by atoms with van der Waals surface area (Å²) in [5.74, 6) is 0.785. The minimum Gasteiger partial charge on any atom is -0.315 e. The van der Waals surface area contributed by atoms with E-state index in [2.05, 4.69) is 41.4 Å². The van der Waals surface area contributed by atoms with E-state index >= 15 is 0 Å². The zero-order valence-electron chi connectivity index (χ0n) is 15.5. The van der Waals surface area contributed by atoms with Crippen molar-refractivity contribution in [3.63, 3.8) is 0 Å². The van der Waals surface area contributed by atoms with Crippen LogP contribution in [0.2, 0.25) is 0 Å². The molecule has 1 aromatic heterocycles. The van der Waals surface area contributed by atoms with Gasteiger partial charge in [-0.2, -0.15) is 5.10 Å². The molecule has 1 atom stereocenters. The molecule has 0 aliphatic carbocycles. The molecule has 2 aromatic rings. The van der Waals surface area contributed by atoms with E-state index in [4.69, 9.17) is 0 Å². The smallest absolute Gasteiger partial charge is 0.315 e. The molecule has 25 heavy (non-hydrogen) atoms. The molecule has 2 heterocycles. The summed E-state index contributed by atoms with van der Waals surface area (Å²) < 4.78 is 1.76. The van der Waals surface area contributed by atoms with Crippen LogP contribution in [0.4, 0.5) is 10.6 Å². The molecule has 2 amide bonds. The molecule has 1 N–H and O–H groups in total. The first-order chi connectivity index (χ1) is 12.0. The lowest BCUT2D eigenvalue weighted by atomic mass is 10.0. The van der Waals surface area contributed by atoms with Crippen molar-refractivity contribution in [3.05, 3.63) is 47.2 Å². The largest absolute Gasteiger partial charge is 0.323 e. The molecule has 6 heteroatoms. The molecule has 1 unspecified atom stereocenters. The van der Waals surface area contributed by atoms with E-state index < -0.39 is 0 Å². The Hall–Kier alpha value is -2.34. The fraction of sp³-hybridized carbons (Fsp3) is 0.474. The summed E-state index contributed by atoms with van der Waals surface area (Å²) in [6, 6.07) is 10.2. The summed E-state index contributed by atoms with van der Waals surface area (Å²) in [7, 11) is 3.98. The van der Waals surface area contributed by atoms with Crippen molar-refractivity contribution >= 4 is 11.8 Å². The monoisotopic (exact) mass is 341 g/mol. The lowest BCUT2D eigenvalue weighted by Crippen LogP contribution is -2.50. The van der Waals surface area contributed by atoms with Gasteiger partial charge in [0.25, 0.3) is 0 Å².